The first-order valence-electron chi connectivity index (χ1n) is 13.5. The number of hydrogen-bond acceptors (Lipinski definition) is 6. The number of fused-ring (bicyclic) bond motifs is 1. The van der Waals surface area contributed by atoms with Gasteiger partial charge < -0.3 is 9.30 Å². The molecule has 0 unspecified atom stereocenters. The summed E-state index contributed by atoms with van der Waals surface area (Å²) in [5.41, 5.74) is 4.77. The fourth-order valence-corrected chi connectivity index (χ4v) is 7.01. The van der Waals surface area contributed by atoms with E-state index in [1.54, 1.807) is 18.5 Å². The predicted octanol–water partition coefficient (Wildman–Crippen LogP) is 6.84. The fraction of sp³-hybridized carbons (Fsp3) is 0.367. The maximum absolute atomic E-state index is 12.7. The Morgan fingerprint density at radius 3 is 2.54 bits per heavy atom. The van der Waals surface area contributed by atoms with Gasteiger partial charge in [0.2, 0.25) is 10.0 Å². The van der Waals surface area contributed by atoms with Gasteiger partial charge in [0.05, 0.1) is 28.2 Å². The Morgan fingerprint density at radius 1 is 1.13 bits per heavy atom. The van der Waals surface area contributed by atoms with E-state index in [0.717, 1.165) is 53.4 Å². The number of benzene rings is 2. The lowest BCUT2D eigenvalue weighted by Crippen LogP contribution is -2.20. The highest BCUT2D eigenvalue weighted by atomic mass is 32.2. The second-order valence-electron chi connectivity index (χ2n) is 10.5. The molecule has 0 radical (unpaired) electrons. The Bertz CT molecular complexity index is 1630. The van der Waals surface area contributed by atoms with Gasteiger partial charge in [-0.15, -0.1) is 0 Å². The lowest BCUT2D eigenvalue weighted by molar-refractivity contribution is 0.442. The van der Waals surface area contributed by atoms with Crippen LogP contribution in [0.25, 0.3) is 22.2 Å². The van der Waals surface area contributed by atoms with Crippen LogP contribution in [0.4, 0.5) is 5.69 Å². The Morgan fingerprint density at radius 2 is 1.87 bits per heavy atom. The minimum atomic E-state index is -3.46. The molecule has 0 bridgehead atoms. The zero-order chi connectivity index (χ0) is 27.6. The summed E-state index contributed by atoms with van der Waals surface area (Å²) in [6, 6.07) is 16.2. The number of aromatic nitrogens is 3. The van der Waals surface area contributed by atoms with E-state index in [-0.39, 0.29) is 23.7 Å². The van der Waals surface area contributed by atoms with Crippen LogP contribution in [0.5, 0.6) is 11.8 Å². The molecule has 0 saturated heterocycles. The summed E-state index contributed by atoms with van der Waals surface area (Å²) in [6.45, 7) is 5.78. The molecule has 2 aromatic carbocycles. The Hall–Kier alpha value is -3.90. The summed E-state index contributed by atoms with van der Waals surface area (Å²) in [7, 11) is -3.46. The standard InChI is InChI=1S/C30H33N5O3S/c1-4-21-16-22(10-13-27(21)34-39(36,37)19-20(2)3)29-26(18-31)25-12-11-24(38-30-32-14-7-15-33-30)17-28(25)35(29)23-8-5-6-9-23/h7,10-17,20,23,34H,4-6,8-9,19H2,1-3H3. The van der Waals surface area contributed by atoms with E-state index in [4.69, 9.17) is 4.74 Å². The van der Waals surface area contributed by atoms with Gasteiger partial charge in [-0.25, -0.2) is 18.4 Å². The highest BCUT2D eigenvalue weighted by molar-refractivity contribution is 7.92. The van der Waals surface area contributed by atoms with Gasteiger partial charge in [0.25, 0.3) is 0 Å². The molecule has 0 spiro atoms. The molecule has 4 aromatic rings. The van der Waals surface area contributed by atoms with Gasteiger partial charge in [0.1, 0.15) is 11.8 Å². The van der Waals surface area contributed by atoms with Crippen LogP contribution >= 0.6 is 0 Å². The van der Waals surface area contributed by atoms with E-state index in [0.29, 0.717) is 23.4 Å². The molecule has 2 heterocycles. The number of ether oxygens (including phenoxy) is 1. The van der Waals surface area contributed by atoms with Crippen molar-refractivity contribution in [3.8, 4) is 29.1 Å². The van der Waals surface area contributed by atoms with Crippen LogP contribution in [0.2, 0.25) is 0 Å². The van der Waals surface area contributed by atoms with Gasteiger partial charge in [-0.1, -0.05) is 39.7 Å². The minimum absolute atomic E-state index is 0.0227. The predicted molar refractivity (Wildman–Crippen MR) is 153 cm³/mol. The molecular weight excluding hydrogens is 510 g/mol. The number of anilines is 1. The van der Waals surface area contributed by atoms with E-state index in [1.807, 2.05) is 57.2 Å². The maximum atomic E-state index is 12.7. The molecule has 5 rings (SSSR count). The number of sulfonamides is 1. The third kappa shape index (κ3) is 5.62. The average Bonchev–Trinajstić information content (AvgIpc) is 3.54. The smallest absolute Gasteiger partial charge is 0.321 e. The van der Waals surface area contributed by atoms with Crippen LogP contribution in [0.3, 0.4) is 0 Å². The highest BCUT2D eigenvalue weighted by Crippen LogP contribution is 2.43. The second-order valence-corrected chi connectivity index (χ2v) is 12.2. The third-order valence-electron chi connectivity index (χ3n) is 7.11. The fourth-order valence-electron chi connectivity index (χ4n) is 5.52. The van der Waals surface area contributed by atoms with Gasteiger partial charge in [-0.05, 0) is 66.6 Å². The average molecular weight is 544 g/mol. The molecule has 1 fully saturated rings. The number of nitriles is 1. The zero-order valence-corrected chi connectivity index (χ0v) is 23.3. The molecule has 0 aliphatic heterocycles. The summed E-state index contributed by atoms with van der Waals surface area (Å²) >= 11 is 0. The number of nitrogens with one attached hydrogen (secondary N) is 1. The first-order chi connectivity index (χ1) is 18.8. The molecule has 1 saturated carbocycles. The van der Waals surface area contributed by atoms with Crippen LogP contribution in [0.1, 0.15) is 63.6 Å². The quantitative estimate of drug-likeness (QED) is 0.248. The lowest BCUT2D eigenvalue weighted by atomic mass is 10.0. The van der Waals surface area contributed by atoms with E-state index < -0.39 is 10.0 Å². The van der Waals surface area contributed by atoms with Gasteiger partial charge in [-0.2, -0.15) is 5.26 Å². The van der Waals surface area contributed by atoms with Gasteiger partial charge in [0, 0.05) is 29.9 Å². The van der Waals surface area contributed by atoms with Crippen LogP contribution < -0.4 is 9.46 Å². The molecule has 1 N–H and O–H groups in total. The maximum Gasteiger partial charge on any atom is 0.321 e. The molecule has 1 aliphatic rings. The topological polar surface area (TPSA) is 110 Å². The molecule has 0 amide bonds. The van der Waals surface area contributed by atoms with Crippen LogP contribution in [-0.4, -0.2) is 28.7 Å². The summed E-state index contributed by atoms with van der Waals surface area (Å²) in [4.78, 5) is 8.34. The van der Waals surface area contributed by atoms with E-state index >= 15 is 0 Å². The number of hydrogen-bond donors (Lipinski definition) is 1. The second kappa shape index (κ2) is 11.1. The number of aryl methyl sites for hydroxylation is 1. The van der Waals surface area contributed by atoms with Crippen molar-refractivity contribution in [1.82, 2.24) is 14.5 Å². The third-order valence-corrected chi connectivity index (χ3v) is 8.74. The van der Waals surface area contributed by atoms with Crippen LogP contribution in [0, 0.1) is 17.2 Å². The van der Waals surface area contributed by atoms with Gasteiger partial charge >= 0.3 is 6.01 Å². The first kappa shape index (κ1) is 26.7. The minimum Gasteiger partial charge on any atom is -0.424 e. The molecule has 2 aromatic heterocycles. The Labute approximate surface area is 229 Å². The molecule has 39 heavy (non-hydrogen) atoms. The van der Waals surface area contributed by atoms with E-state index in [9.17, 15) is 13.7 Å². The summed E-state index contributed by atoms with van der Waals surface area (Å²) in [5.74, 6) is 0.685. The van der Waals surface area contributed by atoms with Crippen molar-refractivity contribution in [2.75, 3.05) is 10.5 Å². The zero-order valence-electron chi connectivity index (χ0n) is 22.5. The van der Waals surface area contributed by atoms with Crippen molar-refractivity contribution in [1.29, 1.82) is 5.26 Å². The number of nitrogens with zero attached hydrogens (tertiary/aromatic N) is 4. The summed E-state index contributed by atoms with van der Waals surface area (Å²) in [6.07, 6.45) is 8.24. The van der Waals surface area contributed by atoms with Crippen LogP contribution in [-0.2, 0) is 16.4 Å². The van der Waals surface area contributed by atoms with E-state index in [2.05, 4.69) is 25.3 Å². The van der Waals surface area contributed by atoms with E-state index in [1.165, 1.54) is 0 Å². The lowest BCUT2D eigenvalue weighted by Gasteiger charge is -2.20. The highest BCUT2D eigenvalue weighted by Gasteiger charge is 2.27. The SMILES string of the molecule is CCc1cc(-c2c(C#N)c3ccc(Oc4ncccn4)cc3n2C2CCCC2)ccc1NS(=O)(=O)CC(C)C. The van der Waals surface area contributed by atoms with Crippen LogP contribution in [0.15, 0.2) is 54.9 Å². The number of rotatable bonds is 9. The largest absolute Gasteiger partial charge is 0.424 e. The normalized spacial score (nSPS) is 14.1. The molecule has 8 nitrogen and oxygen atoms in total. The Kier molecular flexibility index (Phi) is 7.58. The molecule has 0 atom stereocenters. The molecular formula is C30H33N5O3S. The molecule has 9 heteroatoms. The molecule has 1 aliphatic carbocycles. The monoisotopic (exact) mass is 543 g/mol. The Balaban J connectivity index is 1.64. The first-order valence-corrected chi connectivity index (χ1v) is 15.1. The van der Waals surface area contributed by atoms with Crippen molar-refractivity contribution in [2.45, 2.75) is 58.9 Å². The van der Waals surface area contributed by atoms with Gasteiger partial charge in [0.15, 0.2) is 0 Å². The van der Waals surface area contributed by atoms with Gasteiger partial charge in [-0.3, -0.25) is 4.72 Å². The van der Waals surface area contributed by atoms with Crippen molar-refractivity contribution in [2.24, 2.45) is 5.92 Å². The van der Waals surface area contributed by atoms with Crippen molar-refractivity contribution in [3.63, 3.8) is 0 Å². The van der Waals surface area contributed by atoms with Crippen molar-refractivity contribution >= 4 is 26.6 Å². The summed E-state index contributed by atoms with van der Waals surface area (Å²) < 4.78 is 36.3. The van der Waals surface area contributed by atoms with Crippen molar-refractivity contribution < 1.29 is 13.2 Å². The molecule has 202 valence electrons. The summed E-state index contributed by atoms with van der Waals surface area (Å²) in [5, 5.41) is 11.2. The van der Waals surface area contributed by atoms with Crippen molar-refractivity contribution in [3.05, 3.63) is 66.0 Å².